The first-order chi connectivity index (χ1) is 12.2. The Labute approximate surface area is 144 Å². The number of aromatic amines is 2. The van der Waals surface area contributed by atoms with E-state index in [-0.39, 0.29) is 11.6 Å². The molecular formula is C18H19N5O2. The van der Waals surface area contributed by atoms with Gasteiger partial charge in [-0.3, -0.25) is 9.78 Å². The van der Waals surface area contributed by atoms with Crippen molar-refractivity contribution in [1.29, 1.82) is 0 Å². The van der Waals surface area contributed by atoms with Crippen molar-refractivity contribution >= 4 is 22.8 Å². The third-order valence-corrected chi connectivity index (χ3v) is 4.77. The quantitative estimate of drug-likeness (QED) is 0.755. The van der Waals surface area contributed by atoms with Gasteiger partial charge in [0, 0.05) is 25.4 Å². The summed E-state index contributed by atoms with van der Waals surface area (Å²) in [4.78, 5) is 39.9. The third kappa shape index (κ3) is 3.17. The van der Waals surface area contributed by atoms with Gasteiger partial charge in [-0.25, -0.2) is 14.8 Å². The molecule has 25 heavy (non-hydrogen) atoms. The van der Waals surface area contributed by atoms with Gasteiger partial charge in [0.1, 0.15) is 17.6 Å². The van der Waals surface area contributed by atoms with Crippen LogP contribution in [0.2, 0.25) is 0 Å². The highest BCUT2D eigenvalue weighted by molar-refractivity contribution is 5.85. The SMILES string of the molecule is O=C(Cc1ccccc1)C1CCN(c2ncnc3[nH]c(=O)[nH]c23)CC1. The molecule has 0 unspecified atom stereocenters. The number of carbonyl (C=O) groups is 1. The zero-order valence-electron chi connectivity index (χ0n) is 13.7. The van der Waals surface area contributed by atoms with Crippen LogP contribution in [0, 0.1) is 5.92 Å². The summed E-state index contributed by atoms with van der Waals surface area (Å²) in [6, 6.07) is 9.87. The number of Topliss-reactive ketones (excluding diaryl/α,β-unsaturated/α-hetero) is 1. The number of hydrogen-bond donors (Lipinski definition) is 2. The number of imidazole rings is 1. The highest BCUT2D eigenvalue weighted by atomic mass is 16.1. The lowest BCUT2D eigenvalue weighted by molar-refractivity contribution is -0.122. The normalized spacial score (nSPS) is 15.6. The Kier molecular flexibility index (Phi) is 4.05. The predicted octanol–water partition coefficient (Wildman–Crippen LogP) is 1.67. The zero-order valence-corrected chi connectivity index (χ0v) is 13.7. The van der Waals surface area contributed by atoms with Gasteiger partial charge in [0.05, 0.1) is 0 Å². The van der Waals surface area contributed by atoms with Crippen molar-refractivity contribution in [2.45, 2.75) is 19.3 Å². The van der Waals surface area contributed by atoms with Gasteiger partial charge in [-0.05, 0) is 18.4 Å². The van der Waals surface area contributed by atoms with Gasteiger partial charge in [-0.15, -0.1) is 0 Å². The standard InChI is InChI=1S/C18H19N5O2/c24-14(10-12-4-2-1-3-5-12)13-6-8-23(9-7-13)17-15-16(19-11-20-17)22-18(25)21-15/h1-5,11,13H,6-10H2,(H2,19,20,21,22,25). The van der Waals surface area contributed by atoms with Crippen LogP contribution in [0.3, 0.4) is 0 Å². The van der Waals surface area contributed by atoms with Crippen molar-refractivity contribution in [2.75, 3.05) is 18.0 Å². The summed E-state index contributed by atoms with van der Waals surface area (Å²) in [6.45, 7) is 1.48. The van der Waals surface area contributed by atoms with E-state index in [1.807, 2.05) is 30.3 Å². The van der Waals surface area contributed by atoms with Crippen molar-refractivity contribution in [3.63, 3.8) is 0 Å². The molecule has 1 saturated heterocycles. The van der Waals surface area contributed by atoms with Crippen LogP contribution in [-0.4, -0.2) is 38.8 Å². The molecule has 2 N–H and O–H groups in total. The molecule has 0 bridgehead atoms. The highest BCUT2D eigenvalue weighted by Gasteiger charge is 2.26. The van der Waals surface area contributed by atoms with E-state index < -0.39 is 0 Å². The Morgan fingerprint density at radius 1 is 1.12 bits per heavy atom. The number of H-pyrrole nitrogens is 2. The van der Waals surface area contributed by atoms with E-state index in [9.17, 15) is 9.59 Å². The van der Waals surface area contributed by atoms with Crippen molar-refractivity contribution in [1.82, 2.24) is 19.9 Å². The fourth-order valence-electron chi connectivity index (χ4n) is 3.43. The second kappa shape index (κ2) is 6.51. The average molecular weight is 337 g/mol. The summed E-state index contributed by atoms with van der Waals surface area (Å²) in [6.07, 6.45) is 3.54. The van der Waals surface area contributed by atoms with Crippen LogP contribution >= 0.6 is 0 Å². The summed E-state index contributed by atoms with van der Waals surface area (Å²) in [5.41, 5.74) is 1.92. The Balaban J connectivity index is 1.44. The second-order valence-electron chi connectivity index (χ2n) is 6.39. The molecule has 0 amide bonds. The minimum atomic E-state index is -0.287. The van der Waals surface area contributed by atoms with E-state index in [1.54, 1.807) is 0 Å². The van der Waals surface area contributed by atoms with Crippen LogP contribution in [-0.2, 0) is 11.2 Å². The lowest BCUT2D eigenvalue weighted by atomic mass is 9.89. The molecule has 0 spiro atoms. The lowest BCUT2D eigenvalue weighted by Crippen LogP contribution is -2.37. The van der Waals surface area contributed by atoms with E-state index >= 15 is 0 Å². The number of carbonyl (C=O) groups excluding carboxylic acids is 1. The molecule has 0 radical (unpaired) electrons. The number of nitrogens with one attached hydrogen (secondary N) is 2. The Morgan fingerprint density at radius 3 is 2.64 bits per heavy atom. The Hall–Kier alpha value is -2.96. The topological polar surface area (TPSA) is 94.7 Å². The minimum Gasteiger partial charge on any atom is -0.355 e. The van der Waals surface area contributed by atoms with Crippen LogP contribution in [0.15, 0.2) is 41.5 Å². The van der Waals surface area contributed by atoms with Crippen LogP contribution in [0.25, 0.3) is 11.2 Å². The van der Waals surface area contributed by atoms with Gasteiger partial charge >= 0.3 is 5.69 Å². The number of benzene rings is 1. The molecular weight excluding hydrogens is 318 g/mol. The molecule has 0 atom stereocenters. The second-order valence-corrected chi connectivity index (χ2v) is 6.39. The summed E-state index contributed by atoms with van der Waals surface area (Å²) in [7, 11) is 0. The van der Waals surface area contributed by atoms with E-state index in [0.29, 0.717) is 23.4 Å². The zero-order chi connectivity index (χ0) is 17.2. The van der Waals surface area contributed by atoms with Crippen LogP contribution in [0.4, 0.5) is 5.82 Å². The minimum absolute atomic E-state index is 0.0825. The molecule has 1 aromatic carbocycles. The molecule has 3 aromatic rings. The predicted molar refractivity (Wildman–Crippen MR) is 94.6 cm³/mol. The summed E-state index contributed by atoms with van der Waals surface area (Å²) in [5.74, 6) is 1.10. The maximum absolute atomic E-state index is 12.5. The van der Waals surface area contributed by atoms with Crippen LogP contribution in [0.5, 0.6) is 0 Å². The van der Waals surface area contributed by atoms with Gasteiger partial charge in [0.15, 0.2) is 11.5 Å². The van der Waals surface area contributed by atoms with Gasteiger partial charge in [0.2, 0.25) is 0 Å². The fourth-order valence-corrected chi connectivity index (χ4v) is 3.43. The fraction of sp³-hybridized carbons (Fsp3) is 0.333. The molecule has 4 rings (SSSR count). The van der Waals surface area contributed by atoms with Gasteiger partial charge in [-0.2, -0.15) is 0 Å². The molecule has 3 heterocycles. The third-order valence-electron chi connectivity index (χ3n) is 4.77. The number of nitrogens with zero attached hydrogens (tertiary/aromatic N) is 3. The first-order valence-corrected chi connectivity index (χ1v) is 8.45. The molecule has 7 nitrogen and oxygen atoms in total. The van der Waals surface area contributed by atoms with Crippen molar-refractivity contribution in [2.24, 2.45) is 5.92 Å². The number of anilines is 1. The maximum Gasteiger partial charge on any atom is 0.325 e. The van der Waals surface area contributed by atoms with E-state index in [4.69, 9.17) is 0 Å². The van der Waals surface area contributed by atoms with Crippen molar-refractivity contribution in [3.8, 4) is 0 Å². The lowest BCUT2D eigenvalue weighted by Gasteiger charge is -2.32. The molecule has 2 aromatic heterocycles. The van der Waals surface area contributed by atoms with Crippen molar-refractivity contribution < 1.29 is 4.79 Å². The van der Waals surface area contributed by atoms with E-state index in [1.165, 1.54) is 6.33 Å². The Morgan fingerprint density at radius 2 is 1.88 bits per heavy atom. The van der Waals surface area contributed by atoms with E-state index in [2.05, 4.69) is 24.8 Å². The van der Waals surface area contributed by atoms with Crippen LogP contribution < -0.4 is 10.6 Å². The van der Waals surface area contributed by atoms with Crippen molar-refractivity contribution in [3.05, 3.63) is 52.7 Å². The summed E-state index contributed by atoms with van der Waals surface area (Å²) in [5, 5.41) is 0. The van der Waals surface area contributed by atoms with Gasteiger partial charge in [-0.1, -0.05) is 30.3 Å². The highest BCUT2D eigenvalue weighted by Crippen LogP contribution is 2.26. The largest absolute Gasteiger partial charge is 0.355 e. The average Bonchev–Trinajstić information content (AvgIpc) is 3.03. The molecule has 7 heteroatoms. The molecule has 1 fully saturated rings. The molecule has 1 aliphatic heterocycles. The monoisotopic (exact) mass is 337 g/mol. The maximum atomic E-state index is 12.5. The smallest absolute Gasteiger partial charge is 0.325 e. The molecule has 0 aliphatic carbocycles. The first-order valence-electron chi connectivity index (χ1n) is 8.45. The molecule has 128 valence electrons. The molecule has 0 saturated carbocycles. The summed E-state index contributed by atoms with van der Waals surface area (Å²) >= 11 is 0. The van der Waals surface area contributed by atoms with Gasteiger partial charge < -0.3 is 9.88 Å². The number of ketones is 1. The number of piperidine rings is 1. The van der Waals surface area contributed by atoms with Gasteiger partial charge in [0.25, 0.3) is 0 Å². The Bertz CT molecular complexity index is 939. The number of rotatable bonds is 4. The number of aromatic nitrogens is 4. The summed E-state index contributed by atoms with van der Waals surface area (Å²) < 4.78 is 0. The number of fused-ring (bicyclic) bond motifs is 1. The van der Waals surface area contributed by atoms with Crippen LogP contribution in [0.1, 0.15) is 18.4 Å². The number of hydrogen-bond acceptors (Lipinski definition) is 5. The first kappa shape index (κ1) is 15.6. The van der Waals surface area contributed by atoms with E-state index in [0.717, 1.165) is 37.3 Å². The molecule has 1 aliphatic rings.